The minimum Gasteiger partial charge on any atom is -0.494 e. The molecule has 1 aromatic carbocycles. The van der Waals surface area contributed by atoms with Gasteiger partial charge in [0.15, 0.2) is 0 Å². The van der Waals surface area contributed by atoms with Crippen LogP contribution in [0.2, 0.25) is 5.02 Å². The molecule has 1 atom stereocenters. The largest absolute Gasteiger partial charge is 0.494 e. The van der Waals surface area contributed by atoms with Crippen molar-refractivity contribution in [2.75, 3.05) is 13.2 Å². The molecule has 1 saturated heterocycles. The predicted octanol–water partition coefficient (Wildman–Crippen LogP) is 3.60. The van der Waals surface area contributed by atoms with Gasteiger partial charge in [-0.2, -0.15) is 5.10 Å². The van der Waals surface area contributed by atoms with E-state index in [0.717, 1.165) is 30.7 Å². The second-order valence-corrected chi connectivity index (χ2v) is 6.53. The topological polar surface area (TPSA) is 47.4 Å². The number of hydrogen-bond acceptors (Lipinski definition) is 3. The lowest BCUT2D eigenvalue weighted by molar-refractivity contribution is -0.132. The first-order chi connectivity index (χ1) is 11.6. The number of aromatic nitrogens is 2. The highest BCUT2D eigenvalue weighted by molar-refractivity contribution is 6.30. The number of carbonyl (C=O) groups is 1. The lowest BCUT2D eigenvalue weighted by atomic mass is 10.1. The van der Waals surface area contributed by atoms with Crippen LogP contribution in [0.5, 0.6) is 5.75 Å². The van der Waals surface area contributed by atoms with Gasteiger partial charge < -0.3 is 9.64 Å². The van der Waals surface area contributed by atoms with E-state index >= 15 is 0 Å². The van der Waals surface area contributed by atoms with E-state index in [1.54, 1.807) is 16.8 Å². The van der Waals surface area contributed by atoms with Gasteiger partial charge in [0.05, 0.1) is 18.8 Å². The number of hydrogen-bond donors (Lipinski definition) is 0. The summed E-state index contributed by atoms with van der Waals surface area (Å²) < 4.78 is 7.43. The van der Waals surface area contributed by atoms with Crippen molar-refractivity contribution in [1.82, 2.24) is 14.7 Å². The predicted molar refractivity (Wildman–Crippen MR) is 93.1 cm³/mol. The van der Waals surface area contributed by atoms with Crippen LogP contribution in [-0.2, 0) is 11.8 Å². The number of rotatable bonds is 6. The zero-order valence-corrected chi connectivity index (χ0v) is 14.6. The molecule has 1 amide bonds. The Labute approximate surface area is 147 Å². The van der Waals surface area contributed by atoms with Gasteiger partial charge in [-0.1, -0.05) is 11.6 Å². The normalized spacial score (nSPS) is 17.2. The van der Waals surface area contributed by atoms with Crippen molar-refractivity contribution >= 4 is 17.5 Å². The third-order valence-electron chi connectivity index (χ3n) is 4.30. The summed E-state index contributed by atoms with van der Waals surface area (Å²) in [5.74, 6) is 0.974. The van der Waals surface area contributed by atoms with Gasteiger partial charge in [0.1, 0.15) is 5.75 Å². The average Bonchev–Trinajstić information content (AvgIpc) is 3.21. The summed E-state index contributed by atoms with van der Waals surface area (Å²) in [5.41, 5.74) is 1.13. The molecule has 1 aliphatic heterocycles. The average molecular weight is 348 g/mol. The summed E-state index contributed by atoms with van der Waals surface area (Å²) in [6.45, 7) is 1.36. The molecule has 0 saturated carbocycles. The molecule has 0 spiro atoms. The number of nitrogens with zero attached hydrogens (tertiary/aromatic N) is 3. The Balaban J connectivity index is 1.46. The van der Waals surface area contributed by atoms with Crippen molar-refractivity contribution in [3.8, 4) is 5.75 Å². The van der Waals surface area contributed by atoms with E-state index in [1.807, 2.05) is 36.5 Å². The van der Waals surface area contributed by atoms with Gasteiger partial charge in [0, 0.05) is 36.8 Å². The Hall–Kier alpha value is -2.01. The van der Waals surface area contributed by atoms with Crippen molar-refractivity contribution in [2.45, 2.75) is 31.7 Å². The fourth-order valence-electron chi connectivity index (χ4n) is 3.11. The summed E-state index contributed by atoms with van der Waals surface area (Å²) in [6.07, 6.45) is 7.13. The van der Waals surface area contributed by atoms with Gasteiger partial charge in [-0.25, -0.2) is 0 Å². The molecule has 3 rings (SSSR count). The van der Waals surface area contributed by atoms with Crippen LogP contribution in [0, 0.1) is 0 Å². The van der Waals surface area contributed by atoms with Gasteiger partial charge in [0.2, 0.25) is 5.91 Å². The highest BCUT2D eigenvalue weighted by atomic mass is 35.5. The Kier molecular flexibility index (Phi) is 5.41. The number of benzene rings is 1. The monoisotopic (exact) mass is 347 g/mol. The quantitative estimate of drug-likeness (QED) is 0.750. The number of carbonyl (C=O) groups excluding carboxylic acids is 1. The second kappa shape index (κ2) is 7.71. The summed E-state index contributed by atoms with van der Waals surface area (Å²) in [7, 11) is 1.90. The van der Waals surface area contributed by atoms with Crippen molar-refractivity contribution in [3.05, 3.63) is 47.2 Å². The van der Waals surface area contributed by atoms with Crippen LogP contribution in [0.25, 0.3) is 0 Å². The molecule has 0 unspecified atom stereocenters. The van der Waals surface area contributed by atoms with Crippen LogP contribution in [0.15, 0.2) is 36.7 Å². The summed E-state index contributed by atoms with van der Waals surface area (Å²) in [6, 6.07) is 7.44. The van der Waals surface area contributed by atoms with Crippen LogP contribution < -0.4 is 4.74 Å². The Morgan fingerprint density at radius 2 is 2.17 bits per heavy atom. The van der Waals surface area contributed by atoms with Crippen LogP contribution in [0.3, 0.4) is 0 Å². The van der Waals surface area contributed by atoms with Crippen molar-refractivity contribution in [2.24, 2.45) is 7.05 Å². The third kappa shape index (κ3) is 4.09. The molecule has 2 aromatic rings. The van der Waals surface area contributed by atoms with Gasteiger partial charge in [0.25, 0.3) is 0 Å². The molecule has 24 heavy (non-hydrogen) atoms. The molecule has 2 heterocycles. The zero-order chi connectivity index (χ0) is 16.9. The molecule has 6 heteroatoms. The maximum atomic E-state index is 12.5. The van der Waals surface area contributed by atoms with Gasteiger partial charge in [-0.15, -0.1) is 0 Å². The first-order valence-electron chi connectivity index (χ1n) is 8.30. The second-order valence-electron chi connectivity index (χ2n) is 6.10. The molecule has 0 aliphatic carbocycles. The van der Waals surface area contributed by atoms with Crippen LogP contribution >= 0.6 is 11.6 Å². The van der Waals surface area contributed by atoms with E-state index in [1.165, 1.54) is 0 Å². The first-order valence-corrected chi connectivity index (χ1v) is 8.67. The minimum atomic E-state index is 0.170. The highest BCUT2D eigenvalue weighted by Gasteiger charge is 2.30. The van der Waals surface area contributed by atoms with E-state index < -0.39 is 0 Å². The highest BCUT2D eigenvalue weighted by Crippen LogP contribution is 2.32. The molecule has 128 valence electrons. The van der Waals surface area contributed by atoms with Gasteiger partial charge in [-0.05, 0) is 43.5 Å². The molecular formula is C18H22ClN3O2. The maximum absolute atomic E-state index is 12.5. The molecule has 0 bridgehead atoms. The standard InChI is InChI=1S/C18H22ClN3O2/c1-21-13-14(12-20-21)17-4-2-10-22(17)18(23)5-3-11-24-16-8-6-15(19)7-9-16/h6-9,12-13,17H,2-5,10-11H2,1H3/t17-/m1/s1. The molecule has 5 nitrogen and oxygen atoms in total. The van der Waals surface area contributed by atoms with Crippen LogP contribution in [0.4, 0.5) is 0 Å². The molecule has 1 aliphatic rings. The number of likely N-dealkylation sites (tertiary alicyclic amines) is 1. The first kappa shape index (κ1) is 16.8. The Bertz CT molecular complexity index is 684. The summed E-state index contributed by atoms with van der Waals surface area (Å²) in [5, 5.41) is 4.91. The zero-order valence-electron chi connectivity index (χ0n) is 13.8. The minimum absolute atomic E-state index is 0.170. The van der Waals surface area contributed by atoms with Gasteiger partial charge in [-0.3, -0.25) is 9.48 Å². The molecule has 0 N–H and O–H groups in total. The number of amides is 1. The van der Waals surface area contributed by atoms with E-state index in [2.05, 4.69) is 5.10 Å². The third-order valence-corrected chi connectivity index (χ3v) is 4.55. The summed E-state index contributed by atoms with van der Waals surface area (Å²) in [4.78, 5) is 14.5. The van der Waals surface area contributed by atoms with Crippen LogP contribution in [0.1, 0.15) is 37.3 Å². The molecular weight excluding hydrogens is 326 g/mol. The molecule has 1 aromatic heterocycles. The smallest absolute Gasteiger partial charge is 0.223 e. The number of ether oxygens (including phenoxy) is 1. The maximum Gasteiger partial charge on any atom is 0.223 e. The number of aryl methyl sites for hydroxylation is 1. The fourth-order valence-corrected chi connectivity index (χ4v) is 3.24. The van der Waals surface area contributed by atoms with Crippen molar-refractivity contribution in [3.63, 3.8) is 0 Å². The van der Waals surface area contributed by atoms with Crippen LogP contribution in [-0.4, -0.2) is 33.7 Å². The Morgan fingerprint density at radius 3 is 2.88 bits per heavy atom. The lowest BCUT2D eigenvalue weighted by Crippen LogP contribution is -2.30. The lowest BCUT2D eigenvalue weighted by Gasteiger charge is -2.24. The van der Waals surface area contributed by atoms with E-state index in [0.29, 0.717) is 24.5 Å². The van der Waals surface area contributed by atoms with Gasteiger partial charge >= 0.3 is 0 Å². The molecule has 0 radical (unpaired) electrons. The van der Waals surface area contributed by atoms with E-state index in [-0.39, 0.29) is 11.9 Å². The van der Waals surface area contributed by atoms with E-state index in [4.69, 9.17) is 16.3 Å². The van der Waals surface area contributed by atoms with Crippen molar-refractivity contribution in [1.29, 1.82) is 0 Å². The SMILES string of the molecule is Cn1cc([C@H]2CCCN2C(=O)CCCOc2ccc(Cl)cc2)cn1. The Morgan fingerprint density at radius 1 is 1.38 bits per heavy atom. The fraction of sp³-hybridized carbons (Fsp3) is 0.444. The van der Waals surface area contributed by atoms with E-state index in [9.17, 15) is 4.79 Å². The number of halogens is 1. The van der Waals surface area contributed by atoms with Crippen molar-refractivity contribution < 1.29 is 9.53 Å². The molecule has 1 fully saturated rings. The summed E-state index contributed by atoms with van der Waals surface area (Å²) >= 11 is 5.84.